The maximum Gasteiger partial charge on any atom is 0.179 e. The third kappa shape index (κ3) is 1.34. The summed E-state index contributed by atoms with van der Waals surface area (Å²) in [7, 11) is 1.98. The Labute approximate surface area is 99.3 Å². The molecule has 0 saturated heterocycles. The number of nitrogens with one attached hydrogen (secondary N) is 1. The molecule has 3 rings (SSSR count). The monoisotopic (exact) mass is 236 g/mol. The maximum absolute atomic E-state index is 5.38. The van der Waals surface area contributed by atoms with Crippen molar-refractivity contribution in [3.05, 3.63) is 10.5 Å². The molecule has 1 N–H and O–H groups in total. The lowest BCUT2D eigenvalue weighted by Crippen LogP contribution is -2.05. The standard InChI is InChI=1S/C11H16N4S/c1-6-4-8(6)5-15-10-9(12-11(15)16)7(2)13-14(10)3/h6,8H,4-5H2,1-3H3,(H,12,16). The predicted octanol–water partition coefficient (Wildman–Crippen LogP) is 2.40. The van der Waals surface area contributed by atoms with Crippen LogP contribution in [0.25, 0.3) is 11.2 Å². The van der Waals surface area contributed by atoms with Crippen LogP contribution in [0.2, 0.25) is 0 Å². The first-order valence-corrected chi connectivity index (χ1v) is 6.11. The lowest BCUT2D eigenvalue weighted by molar-refractivity contribution is 0.584. The summed E-state index contributed by atoms with van der Waals surface area (Å²) in [6.45, 7) is 5.34. The lowest BCUT2D eigenvalue weighted by atomic mass is 10.3. The third-order valence-electron chi connectivity index (χ3n) is 3.62. The number of nitrogens with zero attached hydrogens (tertiary/aromatic N) is 3. The Morgan fingerprint density at radius 2 is 2.25 bits per heavy atom. The van der Waals surface area contributed by atoms with Crippen LogP contribution in [0, 0.1) is 23.5 Å². The molecule has 0 aliphatic heterocycles. The molecule has 1 fully saturated rings. The Hall–Kier alpha value is -1.10. The summed E-state index contributed by atoms with van der Waals surface area (Å²) in [5.41, 5.74) is 3.23. The highest BCUT2D eigenvalue weighted by Crippen LogP contribution is 2.39. The highest BCUT2D eigenvalue weighted by atomic mass is 32.1. The minimum Gasteiger partial charge on any atom is -0.328 e. The van der Waals surface area contributed by atoms with Gasteiger partial charge in [-0.25, -0.2) is 0 Å². The summed E-state index contributed by atoms with van der Waals surface area (Å²) in [6, 6.07) is 0. The molecule has 2 atom stereocenters. The zero-order chi connectivity index (χ0) is 11.4. The van der Waals surface area contributed by atoms with Gasteiger partial charge in [-0.1, -0.05) is 6.92 Å². The zero-order valence-corrected chi connectivity index (χ0v) is 10.6. The molecule has 0 spiro atoms. The van der Waals surface area contributed by atoms with Crippen molar-refractivity contribution < 1.29 is 0 Å². The van der Waals surface area contributed by atoms with Gasteiger partial charge in [-0.05, 0) is 37.4 Å². The van der Waals surface area contributed by atoms with Crippen LogP contribution in [-0.2, 0) is 13.6 Å². The van der Waals surface area contributed by atoms with Gasteiger partial charge < -0.3 is 9.55 Å². The van der Waals surface area contributed by atoms with E-state index in [9.17, 15) is 0 Å². The van der Waals surface area contributed by atoms with Gasteiger partial charge >= 0.3 is 0 Å². The van der Waals surface area contributed by atoms with Crippen LogP contribution in [0.15, 0.2) is 0 Å². The molecule has 4 nitrogen and oxygen atoms in total. The Morgan fingerprint density at radius 3 is 2.88 bits per heavy atom. The number of H-pyrrole nitrogens is 1. The molecule has 0 radical (unpaired) electrons. The average Bonchev–Trinajstić information content (AvgIpc) is 2.69. The van der Waals surface area contributed by atoms with E-state index in [0.29, 0.717) is 0 Å². The molecule has 1 saturated carbocycles. The maximum atomic E-state index is 5.38. The van der Waals surface area contributed by atoms with Crippen LogP contribution in [-0.4, -0.2) is 19.3 Å². The number of imidazole rings is 1. The summed E-state index contributed by atoms with van der Waals surface area (Å²) >= 11 is 5.38. The molecule has 2 unspecified atom stereocenters. The zero-order valence-electron chi connectivity index (χ0n) is 9.82. The summed E-state index contributed by atoms with van der Waals surface area (Å²) in [5.74, 6) is 1.64. The predicted molar refractivity (Wildman–Crippen MR) is 65.9 cm³/mol. The molecule has 1 aliphatic rings. The summed E-state index contributed by atoms with van der Waals surface area (Å²) < 4.78 is 4.94. The van der Waals surface area contributed by atoms with Crippen molar-refractivity contribution in [3.8, 4) is 0 Å². The van der Waals surface area contributed by atoms with Gasteiger partial charge in [-0.15, -0.1) is 0 Å². The molecule has 1 aliphatic carbocycles. The molecular weight excluding hydrogens is 220 g/mol. The molecule has 0 amide bonds. The van der Waals surface area contributed by atoms with Gasteiger partial charge in [0.05, 0.1) is 5.69 Å². The summed E-state index contributed by atoms with van der Waals surface area (Å²) in [4.78, 5) is 3.26. The Morgan fingerprint density at radius 1 is 1.56 bits per heavy atom. The van der Waals surface area contributed by atoms with Crippen molar-refractivity contribution >= 4 is 23.4 Å². The van der Waals surface area contributed by atoms with Crippen molar-refractivity contribution in [1.82, 2.24) is 19.3 Å². The highest BCUT2D eigenvalue weighted by molar-refractivity contribution is 7.71. The van der Waals surface area contributed by atoms with E-state index in [1.165, 1.54) is 6.42 Å². The molecule has 0 bridgehead atoms. The fraction of sp³-hybridized carbons (Fsp3) is 0.636. The fourth-order valence-corrected chi connectivity index (χ4v) is 2.69. The number of fused-ring (bicyclic) bond motifs is 1. The largest absolute Gasteiger partial charge is 0.328 e. The smallest absolute Gasteiger partial charge is 0.179 e. The van der Waals surface area contributed by atoms with Gasteiger partial charge in [0.25, 0.3) is 0 Å². The van der Waals surface area contributed by atoms with E-state index in [0.717, 1.165) is 40.0 Å². The van der Waals surface area contributed by atoms with Crippen LogP contribution in [0.5, 0.6) is 0 Å². The van der Waals surface area contributed by atoms with Gasteiger partial charge in [-0.3, -0.25) is 4.68 Å². The quantitative estimate of drug-likeness (QED) is 0.813. The SMILES string of the molecule is Cc1nn(C)c2c1[nH]c(=S)n2CC1CC1C. The number of aromatic nitrogens is 4. The van der Waals surface area contributed by atoms with Crippen LogP contribution < -0.4 is 0 Å². The van der Waals surface area contributed by atoms with E-state index in [1.807, 2.05) is 18.7 Å². The summed E-state index contributed by atoms with van der Waals surface area (Å²) in [5, 5.41) is 4.42. The fourth-order valence-electron chi connectivity index (χ4n) is 2.43. The van der Waals surface area contributed by atoms with E-state index in [2.05, 4.69) is 21.6 Å². The van der Waals surface area contributed by atoms with Gasteiger partial charge in [0.1, 0.15) is 5.52 Å². The molecule has 5 heteroatoms. The normalized spacial score (nSPS) is 24.2. The van der Waals surface area contributed by atoms with Crippen molar-refractivity contribution in [1.29, 1.82) is 0 Å². The van der Waals surface area contributed by atoms with Crippen LogP contribution in [0.3, 0.4) is 0 Å². The Balaban J connectivity index is 2.14. The lowest BCUT2D eigenvalue weighted by Gasteiger charge is -2.03. The second-order valence-corrected chi connectivity index (χ2v) is 5.31. The van der Waals surface area contributed by atoms with E-state index < -0.39 is 0 Å². The van der Waals surface area contributed by atoms with Crippen molar-refractivity contribution in [3.63, 3.8) is 0 Å². The van der Waals surface area contributed by atoms with Crippen molar-refractivity contribution in [2.24, 2.45) is 18.9 Å². The van der Waals surface area contributed by atoms with E-state index >= 15 is 0 Å². The Bertz CT molecular complexity index is 603. The van der Waals surface area contributed by atoms with Crippen LogP contribution in [0.1, 0.15) is 19.0 Å². The first-order valence-electron chi connectivity index (χ1n) is 5.70. The van der Waals surface area contributed by atoms with Crippen LogP contribution in [0.4, 0.5) is 0 Å². The second kappa shape index (κ2) is 3.20. The molecule has 2 heterocycles. The molecule has 16 heavy (non-hydrogen) atoms. The molecule has 2 aromatic heterocycles. The minimum atomic E-state index is 0.793. The number of aryl methyl sites for hydroxylation is 2. The average molecular weight is 236 g/mol. The molecule has 0 aromatic carbocycles. The molecular formula is C11H16N4S. The van der Waals surface area contributed by atoms with E-state index in [4.69, 9.17) is 12.2 Å². The van der Waals surface area contributed by atoms with Gasteiger partial charge in [-0.2, -0.15) is 5.10 Å². The number of hydrogen-bond acceptors (Lipinski definition) is 2. The number of rotatable bonds is 2. The van der Waals surface area contributed by atoms with Crippen molar-refractivity contribution in [2.45, 2.75) is 26.8 Å². The second-order valence-electron chi connectivity index (χ2n) is 4.92. The van der Waals surface area contributed by atoms with E-state index in [1.54, 1.807) is 0 Å². The first kappa shape index (κ1) is 10.1. The highest BCUT2D eigenvalue weighted by Gasteiger charge is 2.33. The van der Waals surface area contributed by atoms with Crippen LogP contribution >= 0.6 is 12.2 Å². The van der Waals surface area contributed by atoms with Gasteiger partial charge in [0.2, 0.25) is 0 Å². The summed E-state index contributed by atoms with van der Waals surface area (Å²) in [6.07, 6.45) is 1.32. The first-order chi connectivity index (χ1) is 7.58. The van der Waals surface area contributed by atoms with Gasteiger partial charge in [0.15, 0.2) is 10.4 Å². The van der Waals surface area contributed by atoms with Gasteiger partial charge in [0, 0.05) is 13.6 Å². The topological polar surface area (TPSA) is 38.5 Å². The third-order valence-corrected chi connectivity index (χ3v) is 3.94. The molecule has 2 aromatic rings. The minimum absolute atomic E-state index is 0.793. The number of hydrogen-bond donors (Lipinski definition) is 1. The Kier molecular flexibility index (Phi) is 2.01. The van der Waals surface area contributed by atoms with E-state index in [-0.39, 0.29) is 0 Å². The van der Waals surface area contributed by atoms with Crippen molar-refractivity contribution in [2.75, 3.05) is 0 Å². The molecule has 86 valence electrons. The number of aromatic amines is 1.